The van der Waals surface area contributed by atoms with E-state index in [0.29, 0.717) is 13.1 Å². The minimum Gasteiger partial charge on any atom is -0.380 e. The molecule has 1 amide bonds. The molecule has 0 aromatic heterocycles. The molecule has 104 valence electrons. The Kier molecular flexibility index (Phi) is 4.93. The molecule has 1 aromatic rings. The van der Waals surface area contributed by atoms with E-state index >= 15 is 0 Å². The highest BCUT2D eigenvalue weighted by atomic mass is 16.5. The fourth-order valence-corrected chi connectivity index (χ4v) is 2.62. The summed E-state index contributed by atoms with van der Waals surface area (Å²) < 4.78 is 5.37. The molecule has 1 aromatic carbocycles. The Bertz CT molecular complexity index is 408. The van der Waals surface area contributed by atoms with Crippen LogP contribution < -0.4 is 5.73 Å². The number of methoxy groups -OCH3 is 1. The van der Waals surface area contributed by atoms with Gasteiger partial charge in [-0.1, -0.05) is 30.3 Å². The molecule has 19 heavy (non-hydrogen) atoms. The van der Waals surface area contributed by atoms with E-state index in [1.54, 1.807) is 7.11 Å². The Morgan fingerprint density at radius 2 is 2.21 bits per heavy atom. The number of nitrogens with zero attached hydrogens (tertiary/aromatic N) is 1. The first-order valence-electron chi connectivity index (χ1n) is 6.83. The number of benzene rings is 1. The predicted octanol–water partition coefficient (Wildman–Crippen LogP) is 1.37. The number of hydrogen-bond acceptors (Lipinski definition) is 3. The van der Waals surface area contributed by atoms with Crippen molar-refractivity contribution in [2.45, 2.75) is 24.9 Å². The van der Waals surface area contributed by atoms with Crippen LogP contribution in [-0.2, 0) is 9.53 Å². The first kappa shape index (κ1) is 14.0. The van der Waals surface area contributed by atoms with Gasteiger partial charge in [0.25, 0.3) is 0 Å². The maximum absolute atomic E-state index is 12.6. The Hall–Kier alpha value is -1.39. The van der Waals surface area contributed by atoms with E-state index in [1.807, 2.05) is 35.2 Å². The van der Waals surface area contributed by atoms with Crippen LogP contribution in [0.1, 0.15) is 24.3 Å². The molecule has 0 bridgehead atoms. The van der Waals surface area contributed by atoms with Gasteiger partial charge < -0.3 is 15.4 Å². The van der Waals surface area contributed by atoms with Crippen molar-refractivity contribution in [1.82, 2.24) is 4.90 Å². The molecule has 1 fully saturated rings. The molecule has 0 saturated carbocycles. The Labute approximate surface area is 114 Å². The van der Waals surface area contributed by atoms with Gasteiger partial charge in [0, 0.05) is 26.7 Å². The van der Waals surface area contributed by atoms with Crippen molar-refractivity contribution in [2.24, 2.45) is 5.73 Å². The third-order valence-electron chi connectivity index (χ3n) is 3.76. The average Bonchev–Trinajstić information content (AvgIpc) is 2.49. The van der Waals surface area contributed by atoms with E-state index in [9.17, 15) is 4.79 Å². The molecule has 1 heterocycles. The fourth-order valence-electron chi connectivity index (χ4n) is 2.62. The quantitative estimate of drug-likeness (QED) is 0.891. The molecule has 0 aliphatic carbocycles. The highest BCUT2D eigenvalue weighted by Gasteiger charge is 2.28. The van der Waals surface area contributed by atoms with Crippen LogP contribution in [0.15, 0.2) is 30.3 Å². The summed E-state index contributed by atoms with van der Waals surface area (Å²) in [6.07, 6.45) is 2.18. The molecule has 4 heteroatoms. The summed E-state index contributed by atoms with van der Waals surface area (Å²) in [4.78, 5) is 14.5. The lowest BCUT2D eigenvalue weighted by Gasteiger charge is -2.34. The number of rotatable bonds is 4. The molecule has 1 aliphatic rings. The Morgan fingerprint density at radius 3 is 2.84 bits per heavy atom. The zero-order chi connectivity index (χ0) is 13.7. The number of ether oxygens (including phenoxy) is 1. The van der Waals surface area contributed by atoms with Crippen molar-refractivity contribution in [2.75, 3.05) is 26.7 Å². The fraction of sp³-hybridized carbons (Fsp3) is 0.533. The smallest absolute Gasteiger partial charge is 0.231 e. The lowest BCUT2D eigenvalue weighted by Crippen LogP contribution is -2.46. The standard InChI is InChI=1S/C15H22N2O2/c1-19-13-8-5-9-17(11-13)15(18)14(10-16)12-6-3-2-4-7-12/h2-4,6-7,13-14H,5,8-11,16H2,1H3/t13-,14+/m0/s1. The zero-order valence-corrected chi connectivity index (χ0v) is 11.4. The highest BCUT2D eigenvalue weighted by molar-refractivity contribution is 5.84. The molecule has 2 rings (SSSR count). The van der Waals surface area contributed by atoms with Crippen LogP contribution in [0.5, 0.6) is 0 Å². The van der Waals surface area contributed by atoms with Gasteiger partial charge in [0.05, 0.1) is 12.0 Å². The molecule has 1 aliphatic heterocycles. The third kappa shape index (κ3) is 3.33. The zero-order valence-electron chi connectivity index (χ0n) is 11.4. The number of carbonyl (C=O) groups is 1. The molecule has 4 nitrogen and oxygen atoms in total. The van der Waals surface area contributed by atoms with Gasteiger partial charge in [-0.15, -0.1) is 0 Å². The van der Waals surface area contributed by atoms with Gasteiger partial charge in [0.2, 0.25) is 5.91 Å². The van der Waals surface area contributed by atoms with E-state index in [4.69, 9.17) is 10.5 Å². The molecular weight excluding hydrogens is 240 g/mol. The van der Waals surface area contributed by atoms with Gasteiger partial charge in [-0.2, -0.15) is 0 Å². The number of piperidine rings is 1. The maximum Gasteiger partial charge on any atom is 0.231 e. The summed E-state index contributed by atoms with van der Waals surface area (Å²) in [7, 11) is 1.70. The molecule has 0 spiro atoms. The summed E-state index contributed by atoms with van der Waals surface area (Å²) in [5.74, 6) is -0.118. The van der Waals surface area contributed by atoms with E-state index in [1.165, 1.54) is 0 Å². The molecule has 0 unspecified atom stereocenters. The molecule has 1 saturated heterocycles. The number of likely N-dealkylation sites (tertiary alicyclic amines) is 1. The van der Waals surface area contributed by atoms with Crippen LogP contribution in [0.25, 0.3) is 0 Å². The number of amides is 1. The molecular formula is C15H22N2O2. The van der Waals surface area contributed by atoms with Gasteiger partial charge in [-0.3, -0.25) is 4.79 Å². The van der Waals surface area contributed by atoms with Gasteiger partial charge in [-0.05, 0) is 18.4 Å². The van der Waals surface area contributed by atoms with Crippen molar-refractivity contribution in [3.8, 4) is 0 Å². The molecule has 0 radical (unpaired) electrons. The van der Waals surface area contributed by atoms with Crippen LogP contribution in [0.3, 0.4) is 0 Å². The van der Waals surface area contributed by atoms with E-state index in [2.05, 4.69) is 0 Å². The second-order valence-corrected chi connectivity index (χ2v) is 4.98. The summed E-state index contributed by atoms with van der Waals surface area (Å²) in [5.41, 5.74) is 6.80. The second kappa shape index (κ2) is 6.68. The summed E-state index contributed by atoms with van der Waals surface area (Å²) in [6, 6.07) is 9.77. The van der Waals surface area contributed by atoms with Crippen molar-refractivity contribution in [3.63, 3.8) is 0 Å². The number of nitrogens with two attached hydrogens (primary N) is 1. The van der Waals surface area contributed by atoms with Crippen LogP contribution in [0.2, 0.25) is 0 Å². The van der Waals surface area contributed by atoms with Gasteiger partial charge in [0.15, 0.2) is 0 Å². The lowest BCUT2D eigenvalue weighted by molar-refractivity contribution is -0.136. The minimum absolute atomic E-state index is 0.121. The minimum atomic E-state index is -0.239. The molecule has 2 atom stereocenters. The third-order valence-corrected chi connectivity index (χ3v) is 3.76. The second-order valence-electron chi connectivity index (χ2n) is 4.98. The van der Waals surface area contributed by atoms with Crippen LogP contribution in [0.4, 0.5) is 0 Å². The maximum atomic E-state index is 12.6. The topological polar surface area (TPSA) is 55.6 Å². The first-order valence-corrected chi connectivity index (χ1v) is 6.83. The van der Waals surface area contributed by atoms with Crippen LogP contribution in [0, 0.1) is 0 Å². The average molecular weight is 262 g/mol. The van der Waals surface area contributed by atoms with Crippen LogP contribution in [-0.4, -0.2) is 43.7 Å². The van der Waals surface area contributed by atoms with Crippen molar-refractivity contribution >= 4 is 5.91 Å². The Balaban J connectivity index is 2.08. The number of carbonyl (C=O) groups excluding carboxylic acids is 1. The van der Waals surface area contributed by atoms with Crippen molar-refractivity contribution < 1.29 is 9.53 Å². The van der Waals surface area contributed by atoms with Gasteiger partial charge in [0.1, 0.15) is 0 Å². The van der Waals surface area contributed by atoms with E-state index in [0.717, 1.165) is 24.9 Å². The van der Waals surface area contributed by atoms with Gasteiger partial charge in [-0.25, -0.2) is 0 Å². The highest BCUT2D eigenvalue weighted by Crippen LogP contribution is 2.21. The largest absolute Gasteiger partial charge is 0.380 e. The van der Waals surface area contributed by atoms with E-state index in [-0.39, 0.29) is 17.9 Å². The first-order chi connectivity index (χ1) is 9.26. The SMILES string of the molecule is CO[C@H]1CCCN(C(=O)[C@H](CN)c2ccccc2)C1. The monoisotopic (exact) mass is 262 g/mol. The van der Waals surface area contributed by atoms with Crippen molar-refractivity contribution in [3.05, 3.63) is 35.9 Å². The predicted molar refractivity (Wildman–Crippen MR) is 74.8 cm³/mol. The van der Waals surface area contributed by atoms with Gasteiger partial charge >= 0.3 is 0 Å². The summed E-state index contributed by atoms with van der Waals surface area (Å²) >= 11 is 0. The van der Waals surface area contributed by atoms with Crippen LogP contribution >= 0.6 is 0 Å². The summed E-state index contributed by atoms with van der Waals surface area (Å²) in [5, 5.41) is 0. The van der Waals surface area contributed by atoms with Crippen molar-refractivity contribution in [1.29, 1.82) is 0 Å². The Morgan fingerprint density at radius 1 is 1.47 bits per heavy atom. The normalized spacial score (nSPS) is 21.2. The molecule has 2 N–H and O–H groups in total. The van der Waals surface area contributed by atoms with E-state index < -0.39 is 0 Å². The lowest BCUT2D eigenvalue weighted by atomic mass is 9.96. The summed E-state index contributed by atoms with van der Waals surface area (Å²) in [6.45, 7) is 1.83. The number of hydrogen-bond donors (Lipinski definition) is 1.